The summed E-state index contributed by atoms with van der Waals surface area (Å²) in [5.74, 6) is 1.33. The Labute approximate surface area is 235 Å². The van der Waals surface area contributed by atoms with E-state index in [0.29, 0.717) is 11.0 Å². The molecule has 0 fully saturated rings. The van der Waals surface area contributed by atoms with Crippen molar-refractivity contribution in [3.63, 3.8) is 0 Å². The summed E-state index contributed by atoms with van der Waals surface area (Å²) in [5, 5.41) is 18.2. The number of carbonyl (C=O) groups excluding carboxylic acids is 1. The summed E-state index contributed by atoms with van der Waals surface area (Å²) < 4.78 is 7.24. The number of methoxy groups -OCH3 is 1. The molecule has 0 saturated carbocycles. The van der Waals surface area contributed by atoms with Crippen LogP contribution in [0.25, 0.3) is 38.6 Å². The minimum atomic E-state index is -0.237. The summed E-state index contributed by atoms with van der Waals surface area (Å²) in [7, 11) is 1.63. The Morgan fingerprint density at radius 3 is 2.20 bits per heavy atom. The summed E-state index contributed by atoms with van der Waals surface area (Å²) in [4.78, 5) is 12.8. The number of amides is 1. The van der Waals surface area contributed by atoms with Crippen molar-refractivity contribution in [2.75, 3.05) is 12.9 Å². The van der Waals surface area contributed by atoms with Gasteiger partial charge in [0.2, 0.25) is 0 Å². The summed E-state index contributed by atoms with van der Waals surface area (Å²) in [5.41, 5.74) is 5.44. The number of hydrogen-bond donors (Lipinski definition) is 1. The maximum Gasteiger partial charge on any atom is 0.250 e. The summed E-state index contributed by atoms with van der Waals surface area (Å²) in [6.45, 7) is 0. The number of rotatable bonds is 8. The highest BCUT2D eigenvalue weighted by Crippen LogP contribution is 2.29. The van der Waals surface area contributed by atoms with Gasteiger partial charge in [-0.2, -0.15) is 5.10 Å². The van der Waals surface area contributed by atoms with Gasteiger partial charge in [-0.25, -0.2) is 5.43 Å². The van der Waals surface area contributed by atoms with Crippen LogP contribution in [0.4, 0.5) is 0 Å². The highest BCUT2D eigenvalue weighted by molar-refractivity contribution is 7.99. The number of carbonyl (C=O) groups is 1. The average Bonchev–Trinajstić information content (AvgIpc) is 3.44. The van der Waals surface area contributed by atoms with E-state index in [4.69, 9.17) is 4.74 Å². The van der Waals surface area contributed by atoms with Crippen LogP contribution in [0.3, 0.4) is 0 Å². The molecule has 0 aliphatic carbocycles. The van der Waals surface area contributed by atoms with Gasteiger partial charge in [0.15, 0.2) is 11.0 Å². The Morgan fingerprint density at radius 2 is 1.52 bits per heavy atom. The molecule has 0 radical (unpaired) electrons. The highest BCUT2D eigenvalue weighted by atomic mass is 32.2. The first-order valence-electron chi connectivity index (χ1n) is 12.7. The van der Waals surface area contributed by atoms with Crippen LogP contribution in [0.1, 0.15) is 5.56 Å². The average molecular weight is 544 g/mol. The molecule has 40 heavy (non-hydrogen) atoms. The van der Waals surface area contributed by atoms with Crippen molar-refractivity contribution in [3.8, 4) is 22.8 Å². The molecule has 0 aliphatic heterocycles. The Morgan fingerprint density at radius 1 is 0.875 bits per heavy atom. The van der Waals surface area contributed by atoms with Crippen LogP contribution in [-0.2, 0) is 4.79 Å². The third-order valence-corrected chi connectivity index (χ3v) is 7.45. The maximum atomic E-state index is 12.8. The van der Waals surface area contributed by atoms with Crippen LogP contribution < -0.4 is 10.2 Å². The van der Waals surface area contributed by atoms with Crippen molar-refractivity contribution in [3.05, 3.63) is 115 Å². The number of ether oxygens (including phenoxy) is 1. The van der Waals surface area contributed by atoms with Crippen LogP contribution in [0, 0.1) is 0 Å². The summed E-state index contributed by atoms with van der Waals surface area (Å²) >= 11 is 1.30. The molecule has 0 bridgehead atoms. The van der Waals surface area contributed by atoms with Crippen molar-refractivity contribution in [1.29, 1.82) is 0 Å². The lowest BCUT2D eigenvalue weighted by Gasteiger charge is -2.10. The van der Waals surface area contributed by atoms with Crippen LogP contribution in [0.5, 0.6) is 5.75 Å². The minimum Gasteiger partial charge on any atom is -0.497 e. The van der Waals surface area contributed by atoms with Crippen molar-refractivity contribution < 1.29 is 9.53 Å². The van der Waals surface area contributed by atoms with Gasteiger partial charge in [0.25, 0.3) is 5.91 Å². The Hall–Kier alpha value is -4.95. The quantitative estimate of drug-likeness (QED) is 0.103. The number of fused-ring (bicyclic) bond motifs is 2. The molecule has 1 heterocycles. The molecule has 6 aromatic rings. The van der Waals surface area contributed by atoms with Gasteiger partial charge < -0.3 is 4.74 Å². The maximum absolute atomic E-state index is 12.8. The van der Waals surface area contributed by atoms with E-state index >= 15 is 0 Å². The van der Waals surface area contributed by atoms with Gasteiger partial charge in [-0.05, 0) is 64.0 Å². The molecule has 6 rings (SSSR count). The third-order valence-electron chi connectivity index (χ3n) is 6.52. The molecular weight excluding hydrogens is 518 g/mol. The number of para-hydroxylation sites is 1. The second-order valence-corrected chi connectivity index (χ2v) is 9.96. The molecule has 8 heteroatoms. The van der Waals surface area contributed by atoms with Gasteiger partial charge in [0.1, 0.15) is 5.75 Å². The van der Waals surface area contributed by atoms with Crippen LogP contribution >= 0.6 is 11.8 Å². The molecular formula is C32H25N5O2S. The van der Waals surface area contributed by atoms with Crippen molar-refractivity contribution in [2.45, 2.75) is 5.16 Å². The van der Waals surface area contributed by atoms with Gasteiger partial charge in [-0.15, -0.1) is 10.2 Å². The second kappa shape index (κ2) is 11.4. The van der Waals surface area contributed by atoms with Crippen LogP contribution in [0.15, 0.2) is 119 Å². The van der Waals surface area contributed by atoms with Crippen LogP contribution in [-0.4, -0.2) is 39.7 Å². The number of thioether (sulfide) groups is 1. The van der Waals surface area contributed by atoms with Crippen molar-refractivity contribution >= 4 is 45.4 Å². The van der Waals surface area contributed by atoms with Gasteiger partial charge in [-0.3, -0.25) is 9.36 Å². The number of benzene rings is 5. The minimum absolute atomic E-state index is 0.126. The third kappa shape index (κ3) is 5.17. The van der Waals surface area contributed by atoms with Crippen molar-refractivity contribution in [1.82, 2.24) is 20.2 Å². The van der Waals surface area contributed by atoms with Gasteiger partial charge in [0.05, 0.1) is 19.1 Å². The molecule has 0 atom stereocenters. The molecule has 1 aromatic heterocycles. The Kier molecular flexibility index (Phi) is 7.24. The molecule has 1 N–H and O–H groups in total. The molecule has 0 spiro atoms. The van der Waals surface area contributed by atoms with Gasteiger partial charge in [-0.1, -0.05) is 78.5 Å². The van der Waals surface area contributed by atoms with Crippen LogP contribution in [0.2, 0.25) is 0 Å². The second-order valence-electron chi connectivity index (χ2n) is 9.02. The lowest BCUT2D eigenvalue weighted by atomic mass is 9.97. The zero-order valence-corrected chi connectivity index (χ0v) is 22.5. The predicted octanol–water partition coefficient (Wildman–Crippen LogP) is 6.49. The van der Waals surface area contributed by atoms with E-state index in [1.807, 2.05) is 83.4 Å². The Balaban J connectivity index is 1.22. The first kappa shape index (κ1) is 25.3. The highest BCUT2D eigenvalue weighted by Gasteiger charge is 2.17. The largest absolute Gasteiger partial charge is 0.497 e. The summed E-state index contributed by atoms with van der Waals surface area (Å²) in [6, 6.07) is 36.0. The molecule has 0 saturated heterocycles. The molecule has 0 unspecified atom stereocenters. The Bertz CT molecular complexity index is 1780. The summed E-state index contributed by atoms with van der Waals surface area (Å²) in [6.07, 6.45) is 1.72. The van der Waals surface area contributed by atoms with E-state index in [0.717, 1.165) is 44.1 Å². The predicted molar refractivity (Wildman–Crippen MR) is 161 cm³/mol. The molecule has 7 nitrogen and oxygen atoms in total. The topological polar surface area (TPSA) is 81.4 Å². The number of nitrogens with one attached hydrogen (secondary N) is 1. The first-order valence-corrected chi connectivity index (χ1v) is 13.7. The fourth-order valence-electron chi connectivity index (χ4n) is 4.62. The van der Waals surface area contributed by atoms with E-state index in [2.05, 4.69) is 51.1 Å². The van der Waals surface area contributed by atoms with Crippen molar-refractivity contribution in [2.24, 2.45) is 5.10 Å². The van der Waals surface area contributed by atoms with E-state index < -0.39 is 0 Å². The molecule has 5 aromatic carbocycles. The smallest absolute Gasteiger partial charge is 0.250 e. The fraction of sp³-hybridized carbons (Fsp3) is 0.0625. The van der Waals surface area contributed by atoms with E-state index in [1.54, 1.807) is 13.3 Å². The standard InChI is InChI=1S/C32H25N5O2S/c1-39-26-17-15-22(16-18-26)31-35-36-32(37(31)25-11-3-2-4-12-25)40-21-30(38)34-33-20-29-27-13-7-5-9-23(27)19-24-10-6-8-14-28(24)29/h2-20H,21H2,1H3,(H,34,38)/b33-20+. The molecule has 0 aliphatic rings. The first-order chi connectivity index (χ1) is 19.7. The molecule has 196 valence electrons. The van der Waals surface area contributed by atoms with E-state index in [9.17, 15) is 4.79 Å². The number of hydrazone groups is 1. The van der Waals surface area contributed by atoms with E-state index in [1.165, 1.54) is 11.8 Å². The lowest BCUT2D eigenvalue weighted by molar-refractivity contribution is -0.118. The normalized spacial score (nSPS) is 11.3. The van der Waals surface area contributed by atoms with E-state index in [-0.39, 0.29) is 11.7 Å². The zero-order chi connectivity index (χ0) is 27.3. The fourth-order valence-corrected chi connectivity index (χ4v) is 5.36. The SMILES string of the molecule is COc1ccc(-c2nnc(SCC(=O)N/N=C/c3c4ccccc4cc4ccccc34)n2-c2ccccc2)cc1. The lowest BCUT2D eigenvalue weighted by Crippen LogP contribution is -2.20. The monoisotopic (exact) mass is 543 g/mol. The number of hydrogen-bond acceptors (Lipinski definition) is 6. The molecule has 1 amide bonds. The van der Waals surface area contributed by atoms with Gasteiger partial charge in [0, 0.05) is 16.8 Å². The number of nitrogens with zero attached hydrogens (tertiary/aromatic N) is 4. The number of aromatic nitrogens is 3. The zero-order valence-electron chi connectivity index (χ0n) is 21.7. The van der Waals surface area contributed by atoms with Gasteiger partial charge >= 0.3 is 0 Å².